The molecule has 0 saturated carbocycles. The van der Waals surface area contributed by atoms with Crippen LogP contribution in [-0.4, -0.2) is 33.4 Å². The standard InChI is InChI=1S/C14H19N3O2/c1-3-6-14(2,19)9-15-13(18)10-4-5-11-8-16-17-12(11)7-10/h4-5,7-8,19H,3,6,9H2,1-2H3,(H,15,18)(H,16,17). The first-order valence-corrected chi connectivity index (χ1v) is 6.45. The number of rotatable bonds is 5. The van der Waals surface area contributed by atoms with E-state index in [9.17, 15) is 9.90 Å². The summed E-state index contributed by atoms with van der Waals surface area (Å²) in [6, 6.07) is 5.35. The van der Waals surface area contributed by atoms with E-state index in [4.69, 9.17) is 0 Å². The topological polar surface area (TPSA) is 78.0 Å². The van der Waals surface area contributed by atoms with Crippen LogP contribution < -0.4 is 5.32 Å². The van der Waals surface area contributed by atoms with E-state index in [-0.39, 0.29) is 12.5 Å². The van der Waals surface area contributed by atoms with E-state index < -0.39 is 5.60 Å². The van der Waals surface area contributed by atoms with Crippen molar-refractivity contribution in [1.29, 1.82) is 0 Å². The molecule has 0 bridgehead atoms. The first kappa shape index (κ1) is 13.5. The van der Waals surface area contributed by atoms with Crippen LogP contribution in [0.15, 0.2) is 24.4 Å². The highest BCUT2D eigenvalue weighted by molar-refractivity contribution is 5.97. The van der Waals surface area contributed by atoms with Gasteiger partial charge in [0.15, 0.2) is 0 Å². The molecule has 1 aromatic heterocycles. The van der Waals surface area contributed by atoms with E-state index in [1.165, 1.54) is 0 Å². The van der Waals surface area contributed by atoms with Crippen molar-refractivity contribution in [2.45, 2.75) is 32.3 Å². The van der Waals surface area contributed by atoms with Crippen molar-refractivity contribution < 1.29 is 9.90 Å². The third-order valence-corrected chi connectivity index (χ3v) is 3.12. The van der Waals surface area contributed by atoms with Crippen molar-refractivity contribution in [1.82, 2.24) is 15.5 Å². The predicted octanol–water partition coefficient (Wildman–Crippen LogP) is 1.84. The summed E-state index contributed by atoms with van der Waals surface area (Å²) in [6.45, 7) is 3.98. The Bertz CT molecular complexity index is 575. The zero-order chi connectivity index (χ0) is 13.9. The van der Waals surface area contributed by atoms with Crippen LogP contribution in [0.4, 0.5) is 0 Å². The van der Waals surface area contributed by atoms with Crippen LogP contribution in [0.3, 0.4) is 0 Å². The third kappa shape index (κ3) is 3.32. The molecule has 3 N–H and O–H groups in total. The summed E-state index contributed by atoms with van der Waals surface area (Å²) in [5.74, 6) is -0.187. The Kier molecular flexibility index (Phi) is 3.85. The molecule has 0 aliphatic rings. The normalized spacial score (nSPS) is 14.3. The number of aliphatic hydroxyl groups is 1. The van der Waals surface area contributed by atoms with Crippen LogP contribution in [0.5, 0.6) is 0 Å². The SMILES string of the molecule is CCCC(C)(O)CNC(=O)c1ccc2cn[nH]c2c1. The van der Waals surface area contributed by atoms with Gasteiger partial charge < -0.3 is 10.4 Å². The fraction of sp³-hybridized carbons (Fsp3) is 0.429. The smallest absolute Gasteiger partial charge is 0.251 e. The number of nitrogens with one attached hydrogen (secondary N) is 2. The van der Waals surface area contributed by atoms with Gasteiger partial charge >= 0.3 is 0 Å². The largest absolute Gasteiger partial charge is 0.388 e. The zero-order valence-corrected chi connectivity index (χ0v) is 11.2. The Morgan fingerprint density at radius 1 is 1.53 bits per heavy atom. The fourth-order valence-electron chi connectivity index (χ4n) is 2.08. The number of H-pyrrole nitrogens is 1. The second-order valence-corrected chi connectivity index (χ2v) is 5.10. The molecule has 1 unspecified atom stereocenters. The van der Waals surface area contributed by atoms with E-state index in [2.05, 4.69) is 15.5 Å². The van der Waals surface area contributed by atoms with Gasteiger partial charge in [0.25, 0.3) is 5.91 Å². The van der Waals surface area contributed by atoms with Gasteiger partial charge in [-0.2, -0.15) is 5.10 Å². The van der Waals surface area contributed by atoms with Gasteiger partial charge in [0, 0.05) is 17.5 Å². The molecule has 1 heterocycles. The number of benzene rings is 1. The molecule has 102 valence electrons. The molecule has 5 heteroatoms. The molecule has 19 heavy (non-hydrogen) atoms. The Balaban J connectivity index is 2.03. The number of aromatic nitrogens is 2. The summed E-state index contributed by atoms with van der Waals surface area (Å²) in [7, 11) is 0. The lowest BCUT2D eigenvalue weighted by atomic mass is 10.0. The van der Waals surface area contributed by atoms with Crippen LogP contribution in [0, 0.1) is 0 Å². The maximum Gasteiger partial charge on any atom is 0.251 e. The van der Waals surface area contributed by atoms with E-state index in [1.807, 2.05) is 13.0 Å². The summed E-state index contributed by atoms with van der Waals surface area (Å²) in [5, 5.41) is 20.5. The van der Waals surface area contributed by atoms with Gasteiger partial charge in [-0.05, 0) is 25.5 Å². The Hall–Kier alpha value is -1.88. The van der Waals surface area contributed by atoms with Crippen molar-refractivity contribution in [3.63, 3.8) is 0 Å². The molecule has 0 saturated heterocycles. The molecular weight excluding hydrogens is 242 g/mol. The zero-order valence-electron chi connectivity index (χ0n) is 11.2. The number of hydrogen-bond acceptors (Lipinski definition) is 3. The number of aromatic amines is 1. The minimum Gasteiger partial charge on any atom is -0.388 e. The molecule has 0 fully saturated rings. The van der Waals surface area contributed by atoms with Gasteiger partial charge in [-0.1, -0.05) is 19.4 Å². The lowest BCUT2D eigenvalue weighted by Gasteiger charge is -2.22. The fourth-order valence-corrected chi connectivity index (χ4v) is 2.08. The summed E-state index contributed by atoms with van der Waals surface area (Å²) < 4.78 is 0. The van der Waals surface area contributed by atoms with E-state index in [0.29, 0.717) is 12.0 Å². The Morgan fingerprint density at radius 3 is 3.05 bits per heavy atom. The highest BCUT2D eigenvalue weighted by atomic mass is 16.3. The van der Waals surface area contributed by atoms with Crippen LogP contribution in [0.1, 0.15) is 37.0 Å². The third-order valence-electron chi connectivity index (χ3n) is 3.12. The first-order chi connectivity index (χ1) is 9.02. The van der Waals surface area contributed by atoms with Crippen molar-refractivity contribution in [2.24, 2.45) is 0 Å². The predicted molar refractivity (Wildman–Crippen MR) is 74.0 cm³/mol. The molecule has 0 aliphatic heterocycles. The molecule has 2 aromatic rings. The average molecular weight is 261 g/mol. The summed E-state index contributed by atoms with van der Waals surface area (Å²) >= 11 is 0. The summed E-state index contributed by atoms with van der Waals surface area (Å²) in [6.07, 6.45) is 3.25. The average Bonchev–Trinajstić information content (AvgIpc) is 2.83. The van der Waals surface area contributed by atoms with Crippen molar-refractivity contribution in [2.75, 3.05) is 6.54 Å². The van der Waals surface area contributed by atoms with Crippen molar-refractivity contribution in [3.8, 4) is 0 Å². The van der Waals surface area contributed by atoms with E-state index >= 15 is 0 Å². The molecule has 0 radical (unpaired) electrons. The summed E-state index contributed by atoms with van der Waals surface area (Å²) in [5.41, 5.74) is 0.527. The Labute approximate surface area is 112 Å². The second-order valence-electron chi connectivity index (χ2n) is 5.10. The van der Waals surface area contributed by atoms with Gasteiger partial charge in [-0.15, -0.1) is 0 Å². The highest BCUT2D eigenvalue weighted by Gasteiger charge is 2.20. The van der Waals surface area contributed by atoms with Crippen molar-refractivity contribution in [3.05, 3.63) is 30.0 Å². The minimum atomic E-state index is -0.859. The quantitative estimate of drug-likeness (QED) is 0.768. The number of carbonyl (C=O) groups excluding carboxylic acids is 1. The van der Waals surface area contributed by atoms with E-state index in [0.717, 1.165) is 17.3 Å². The summed E-state index contributed by atoms with van der Waals surface area (Å²) in [4.78, 5) is 12.0. The van der Waals surface area contributed by atoms with Crippen LogP contribution in [-0.2, 0) is 0 Å². The second kappa shape index (κ2) is 5.40. The highest BCUT2D eigenvalue weighted by Crippen LogP contribution is 2.14. The maximum atomic E-state index is 12.0. The first-order valence-electron chi connectivity index (χ1n) is 6.45. The maximum absolute atomic E-state index is 12.0. The monoisotopic (exact) mass is 261 g/mol. The molecule has 1 amide bonds. The minimum absolute atomic E-state index is 0.187. The molecule has 1 atom stereocenters. The van der Waals surface area contributed by atoms with Gasteiger partial charge in [-0.25, -0.2) is 0 Å². The lowest BCUT2D eigenvalue weighted by molar-refractivity contribution is 0.0469. The van der Waals surface area contributed by atoms with Gasteiger partial charge in [0.1, 0.15) is 0 Å². The van der Waals surface area contributed by atoms with Crippen LogP contribution >= 0.6 is 0 Å². The Morgan fingerprint density at radius 2 is 2.32 bits per heavy atom. The molecule has 5 nitrogen and oxygen atoms in total. The van der Waals surface area contributed by atoms with Crippen molar-refractivity contribution >= 4 is 16.8 Å². The molecule has 2 rings (SSSR count). The number of hydrogen-bond donors (Lipinski definition) is 3. The number of nitrogens with zero attached hydrogens (tertiary/aromatic N) is 1. The van der Waals surface area contributed by atoms with Gasteiger partial charge in [-0.3, -0.25) is 9.89 Å². The molecule has 0 spiro atoms. The molecular formula is C14H19N3O2. The molecule has 1 aromatic carbocycles. The van der Waals surface area contributed by atoms with E-state index in [1.54, 1.807) is 25.3 Å². The number of carbonyl (C=O) groups is 1. The number of fused-ring (bicyclic) bond motifs is 1. The van der Waals surface area contributed by atoms with Crippen LogP contribution in [0.2, 0.25) is 0 Å². The van der Waals surface area contributed by atoms with Gasteiger partial charge in [0.05, 0.1) is 17.3 Å². The van der Waals surface area contributed by atoms with Gasteiger partial charge in [0.2, 0.25) is 0 Å². The number of amides is 1. The molecule has 0 aliphatic carbocycles. The van der Waals surface area contributed by atoms with Crippen LogP contribution in [0.25, 0.3) is 10.9 Å². The lowest BCUT2D eigenvalue weighted by Crippen LogP contribution is -2.40.